The molecule has 2 aromatic rings. The van der Waals surface area contributed by atoms with E-state index in [2.05, 4.69) is 10.5 Å². The summed E-state index contributed by atoms with van der Waals surface area (Å²) in [6, 6.07) is 11.1. The number of nitrogens with one attached hydrogen (secondary N) is 1. The van der Waals surface area contributed by atoms with Gasteiger partial charge in [0.1, 0.15) is 5.75 Å². The van der Waals surface area contributed by atoms with Gasteiger partial charge in [-0.3, -0.25) is 0 Å². The highest BCUT2D eigenvalue weighted by atomic mass is 16.5. The van der Waals surface area contributed by atoms with Crippen LogP contribution in [-0.2, 0) is 0 Å². The Kier molecular flexibility index (Phi) is 4.55. The van der Waals surface area contributed by atoms with Gasteiger partial charge in [0.2, 0.25) is 0 Å². The molecule has 0 saturated carbocycles. The summed E-state index contributed by atoms with van der Waals surface area (Å²) in [7, 11) is 0. The second-order valence-electron chi connectivity index (χ2n) is 4.28. The van der Waals surface area contributed by atoms with Gasteiger partial charge in [0.15, 0.2) is 0 Å². The molecule has 0 radical (unpaired) electrons. The molecule has 0 aliphatic heterocycles. The summed E-state index contributed by atoms with van der Waals surface area (Å²) in [6.07, 6.45) is 2.47. The Morgan fingerprint density at radius 2 is 2.15 bits per heavy atom. The Bertz CT molecular complexity index is 638. The normalized spacial score (nSPS) is 10.8. The van der Waals surface area contributed by atoms with Crippen molar-refractivity contribution in [2.24, 2.45) is 10.8 Å². The van der Waals surface area contributed by atoms with E-state index in [1.165, 1.54) is 0 Å². The molecule has 0 bridgehead atoms. The van der Waals surface area contributed by atoms with Crippen molar-refractivity contribution in [3.63, 3.8) is 0 Å². The van der Waals surface area contributed by atoms with Crippen molar-refractivity contribution in [2.75, 3.05) is 6.61 Å². The van der Waals surface area contributed by atoms with E-state index < -0.39 is 6.03 Å². The number of hydrogen-bond donors (Lipinski definition) is 2. The highest BCUT2D eigenvalue weighted by molar-refractivity contribution is 6.02. The molecule has 104 valence electrons. The van der Waals surface area contributed by atoms with Crippen LogP contribution >= 0.6 is 0 Å². The van der Waals surface area contributed by atoms with Gasteiger partial charge in [0.25, 0.3) is 0 Å². The van der Waals surface area contributed by atoms with Gasteiger partial charge in [-0.25, -0.2) is 10.2 Å². The molecule has 0 unspecified atom stereocenters. The fraction of sp³-hybridized carbons (Fsp3) is 0.200. The van der Waals surface area contributed by atoms with Crippen molar-refractivity contribution in [2.45, 2.75) is 13.3 Å². The molecule has 5 heteroatoms. The first-order valence-electron chi connectivity index (χ1n) is 6.45. The van der Waals surface area contributed by atoms with E-state index in [0.29, 0.717) is 6.61 Å². The predicted octanol–water partition coefficient (Wildman–Crippen LogP) is 2.63. The molecule has 2 amide bonds. The lowest BCUT2D eigenvalue weighted by atomic mass is 10.0. The smallest absolute Gasteiger partial charge is 0.332 e. The van der Waals surface area contributed by atoms with Crippen LogP contribution < -0.4 is 15.9 Å². The third-order valence-corrected chi connectivity index (χ3v) is 2.76. The lowest BCUT2D eigenvalue weighted by Gasteiger charge is -2.10. The first-order chi connectivity index (χ1) is 9.72. The standard InChI is InChI=1S/C15H17N3O2/c1-2-9-20-14-8-7-11-5-3-4-6-12(11)13(14)10-17-18-15(16)19/h3-8,10H,2,9H2,1H3,(H3,16,18,19)/b17-10+. The highest BCUT2D eigenvalue weighted by Gasteiger charge is 2.06. The van der Waals surface area contributed by atoms with E-state index in [0.717, 1.165) is 28.5 Å². The summed E-state index contributed by atoms with van der Waals surface area (Å²) in [6.45, 7) is 2.67. The van der Waals surface area contributed by atoms with Gasteiger partial charge in [-0.2, -0.15) is 5.10 Å². The number of hydrazone groups is 1. The monoisotopic (exact) mass is 271 g/mol. The number of primary amides is 1. The molecule has 0 aliphatic rings. The lowest BCUT2D eigenvalue weighted by molar-refractivity contribution is 0.249. The van der Waals surface area contributed by atoms with E-state index in [1.807, 2.05) is 43.3 Å². The maximum Gasteiger partial charge on any atom is 0.332 e. The highest BCUT2D eigenvalue weighted by Crippen LogP contribution is 2.26. The van der Waals surface area contributed by atoms with Crippen LogP contribution in [0.25, 0.3) is 10.8 Å². The number of benzene rings is 2. The maximum atomic E-state index is 10.7. The molecular weight excluding hydrogens is 254 g/mol. The molecule has 3 N–H and O–H groups in total. The van der Waals surface area contributed by atoms with Crippen LogP contribution in [0, 0.1) is 0 Å². The van der Waals surface area contributed by atoms with Crippen molar-refractivity contribution in [1.82, 2.24) is 5.43 Å². The van der Waals surface area contributed by atoms with Gasteiger partial charge in [-0.05, 0) is 23.3 Å². The van der Waals surface area contributed by atoms with Crippen LogP contribution in [0.4, 0.5) is 4.79 Å². The van der Waals surface area contributed by atoms with E-state index in [-0.39, 0.29) is 0 Å². The number of nitrogens with two attached hydrogens (primary N) is 1. The largest absolute Gasteiger partial charge is 0.493 e. The number of fused-ring (bicyclic) bond motifs is 1. The van der Waals surface area contributed by atoms with Crippen LogP contribution in [0.2, 0.25) is 0 Å². The third-order valence-electron chi connectivity index (χ3n) is 2.76. The second kappa shape index (κ2) is 6.56. The zero-order valence-corrected chi connectivity index (χ0v) is 11.3. The van der Waals surface area contributed by atoms with Crippen LogP contribution in [0.1, 0.15) is 18.9 Å². The first-order valence-corrected chi connectivity index (χ1v) is 6.45. The van der Waals surface area contributed by atoms with Crippen molar-refractivity contribution >= 4 is 23.0 Å². The number of carbonyl (C=O) groups excluding carboxylic acids is 1. The van der Waals surface area contributed by atoms with Gasteiger partial charge in [0, 0.05) is 5.56 Å². The molecule has 0 aromatic heterocycles. The fourth-order valence-corrected chi connectivity index (χ4v) is 1.91. The number of hydrogen-bond acceptors (Lipinski definition) is 3. The van der Waals surface area contributed by atoms with Crippen LogP contribution in [0.5, 0.6) is 5.75 Å². The number of ether oxygens (including phenoxy) is 1. The van der Waals surface area contributed by atoms with Gasteiger partial charge < -0.3 is 10.5 Å². The number of urea groups is 1. The minimum Gasteiger partial charge on any atom is -0.493 e. The zero-order valence-electron chi connectivity index (χ0n) is 11.3. The van der Waals surface area contributed by atoms with Crippen LogP contribution in [-0.4, -0.2) is 18.9 Å². The average molecular weight is 271 g/mol. The molecule has 0 fully saturated rings. The van der Waals surface area contributed by atoms with Crippen molar-refractivity contribution < 1.29 is 9.53 Å². The van der Waals surface area contributed by atoms with Gasteiger partial charge in [-0.15, -0.1) is 0 Å². The molecule has 20 heavy (non-hydrogen) atoms. The lowest BCUT2D eigenvalue weighted by Crippen LogP contribution is -2.24. The minimum absolute atomic E-state index is 0.627. The number of amides is 2. The molecule has 2 rings (SSSR count). The summed E-state index contributed by atoms with van der Waals surface area (Å²) in [5.41, 5.74) is 8.01. The van der Waals surface area contributed by atoms with E-state index >= 15 is 0 Å². The molecule has 0 heterocycles. The predicted molar refractivity (Wildman–Crippen MR) is 80.0 cm³/mol. The van der Waals surface area contributed by atoms with E-state index in [4.69, 9.17) is 10.5 Å². The average Bonchev–Trinajstić information content (AvgIpc) is 2.45. The van der Waals surface area contributed by atoms with Crippen molar-refractivity contribution in [1.29, 1.82) is 0 Å². The molecule has 5 nitrogen and oxygen atoms in total. The summed E-state index contributed by atoms with van der Waals surface area (Å²) >= 11 is 0. The molecule has 0 atom stereocenters. The fourth-order valence-electron chi connectivity index (χ4n) is 1.91. The summed E-state index contributed by atoms with van der Waals surface area (Å²) in [5.74, 6) is 0.737. The number of nitrogens with zero attached hydrogens (tertiary/aromatic N) is 1. The number of carbonyl (C=O) groups is 1. The van der Waals surface area contributed by atoms with E-state index in [1.54, 1.807) is 6.21 Å². The summed E-state index contributed by atoms with van der Waals surface area (Å²) in [5, 5.41) is 5.92. The number of rotatable bonds is 5. The van der Waals surface area contributed by atoms with Crippen LogP contribution in [0.15, 0.2) is 41.5 Å². The first kappa shape index (κ1) is 13.9. The summed E-state index contributed by atoms with van der Waals surface area (Å²) < 4.78 is 5.72. The maximum absolute atomic E-state index is 10.7. The topological polar surface area (TPSA) is 76.7 Å². The Hall–Kier alpha value is -2.56. The van der Waals surface area contributed by atoms with Gasteiger partial charge in [-0.1, -0.05) is 37.3 Å². The van der Waals surface area contributed by atoms with Gasteiger partial charge >= 0.3 is 6.03 Å². The zero-order chi connectivity index (χ0) is 14.4. The van der Waals surface area contributed by atoms with Crippen molar-refractivity contribution in [3.8, 4) is 5.75 Å². The minimum atomic E-state index is -0.697. The van der Waals surface area contributed by atoms with E-state index in [9.17, 15) is 4.79 Å². The Morgan fingerprint density at radius 1 is 1.35 bits per heavy atom. The SMILES string of the molecule is CCCOc1ccc2ccccc2c1/C=N/NC(N)=O. The van der Waals surface area contributed by atoms with Crippen LogP contribution in [0.3, 0.4) is 0 Å². The Balaban J connectivity index is 2.43. The third kappa shape index (κ3) is 3.26. The Labute approximate surface area is 117 Å². The summed E-state index contributed by atoms with van der Waals surface area (Å²) in [4.78, 5) is 10.7. The molecule has 0 aliphatic carbocycles. The molecule has 0 spiro atoms. The Morgan fingerprint density at radius 3 is 2.90 bits per heavy atom. The van der Waals surface area contributed by atoms with Crippen molar-refractivity contribution in [3.05, 3.63) is 42.0 Å². The quantitative estimate of drug-likeness (QED) is 0.647. The molecule has 2 aromatic carbocycles. The second-order valence-corrected chi connectivity index (χ2v) is 4.28. The molecular formula is C15H17N3O2. The van der Waals surface area contributed by atoms with Gasteiger partial charge in [0.05, 0.1) is 12.8 Å². The molecule has 0 saturated heterocycles.